The van der Waals surface area contributed by atoms with Gasteiger partial charge in [-0.1, -0.05) is 25.0 Å². The first-order valence-electron chi connectivity index (χ1n) is 12.7. The Hall–Kier alpha value is -3.68. The Morgan fingerprint density at radius 2 is 2.00 bits per heavy atom. The van der Waals surface area contributed by atoms with Crippen molar-refractivity contribution in [2.24, 2.45) is 0 Å². The van der Waals surface area contributed by atoms with Crippen LogP contribution in [0.1, 0.15) is 63.0 Å². The van der Waals surface area contributed by atoms with Crippen molar-refractivity contribution in [2.75, 3.05) is 18.8 Å². The molecule has 0 spiro atoms. The molecule has 180 valence electrons. The van der Waals surface area contributed by atoms with Crippen LogP contribution >= 0.6 is 0 Å². The van der Waals surface area contributed by atoms with Crippen molar-refractivity contribution in [3.05, 3.63) is 42.4 Å². The van der Waals surface area contributed by atoms with Gasteiger partial charge in [-0.05, 0) is 44.2 Å². The fourth-order valence-corrected chi connectivity index (χ4v) is 5.52. The Bertz CT molecular complexity index is 1420. The summed E-state index contributed by atoms with van der Waals surface area (Å²) in [5, 5.41) is 7.03. The summed E-state index contributed by atoms with van der Waals surface area (Å²) in [5.41, 5.74) is 11.1. The number of pyridine rings is 2. The van der Waals surface area contributed by atoms with Gasteiger partial charge in [-0.2, -0.15) is 5.10 Å². The maximum Gasteiger partial charge on any atom is 0.222 e. The highest BCUT2D eigenvalue weighted by molar-refractivity contribution is 6.04. The van der Waals surface area contributed by atoms with E-state index in [1.54, 1.807) is 0 Å². The third kappa shape index (κ3) is 4.07. The van der Waals surface area contributed by atoms with Crippen LogP contribution < -0.4 is 5.73 Å². The lowest BCUT2D eigenvalue weighted by molar-refractivity contribution is -0.133. The zero-order chi connectivity index (χ0) is 23.8. The van der Waals surface area contributed by atoms with Crippen molar-refractivity contribution >= 4 is 39.7 Å². The topological polar surface area (TPSA) is 106 Å². The third-order valence-electron chi connectivity index (χ3n) is 7.36. The maximum atomic E-state index is 13.0. The first-order chi connectivity index (χ1) is 17.2. The number of hydrogen-bond donors (Lipinski definition) is 2. The second-order valence-electron chi connectivity index (χ2n) is 9.75. The number of amides is 1. The molecule has 0 aromatic carbocycles. The molecule has 2 aliphatic rings. The highest BCUT2D eigenvalue weighted by atomic mass is 16.2. The summed E-state index contributed by atoms with van der Waals surface area (Å²) in [6, 6.07) is 4.19. The van der Waals surface area contributed by atoms with E-state index in [2.05, 4.69) is 37.9 Å². The van der Waals surface area contributed by atoms with Gasteiger partial charge in [0.15, 0.2) is 0 Å². The smallest absolute Gasteiger partial charge is 0.222 e. The molecular formula is C27H31N7O. The molecular weight excluding hydrogens is 438 g/mol. The lowest BCUT2D eigenvalue weighted by Gasteiger charge is -2.33. The number of nitrogen functional groups attached to an aromatic ring is 1. The Labute approximate surface area is 204 Å². The number of piperidine rings is 1. The van der Waals surface area contributed by atoms with Gasteiger partial charge in [0.1, 0.15) is 17.2 Å². The number of hydrogen-bond acceptors (Lipinski definition) is 5. The number of nitrogens with zero attached hydrogens (tertiary/aromatic N) is 5. The Kier molecular flexibility index (Phi) is 5.72. The molecule has 0 saturated carbocycles. The number of aromatic nitrogens is 5. The number of carbonyl (C=O) groups excluding carboxylic acids is 1. The molecule has 8 heteroatoms. The third-order valence-corrected chi connectivity index (χ3v) is 7.36. The van der Waals surface area contributed by atoms with Crippen LogP contribution in [0.4, 0.5) is 5.82 Å². The van der Waals surface area contributed by atoms with Gasteiger partial charge in [-0.25, -0.2) is 9.97 Å². The average Bonchev–Trinajstić information content (AvgIpc) is 3.51. The van der Waals surface area contributed by atoms with Crippen molar-refractivity contribution in [1.29, 1.82) is 0 Å². The van der Waals surface area contributed by atoms with Gasteiger partial charge < -0.3 is 15.6 Å². The van der Waals surface area contributed by atoms with Gasteiger partial charge in [0.05, 0.1) is 16.9 Å². The van der Waals surface area contributed by atoms with E-state index in [9.17, 15) is 4.79 Å². The number of rotatable bonds is 1. The lowest BCUT2D eigenvalue weighted by Crippen LogP contribution is -2.40. The zero-order valence-corrected chi connectivity index (χ0v) is 19.9. The van der Waals surface area contributed by atoms with E-state index in [1.807, 2.05) is 29.6 Å². The largest absolute Gasteiger partial charge is 0.383 e. The molecule has 1 atom stereocenters. The van der Waals surface area contributed by atoms with E-state index in [0.717, 1.165) is 90.2 Å². The minimum Gasteiger partial charge on any atom is -0.383 e. The van der Waals surface area contributed by atoms with Crippen LogP contribution in [0.2, 0.25) is 0 Å². The van der Waals surface area contributed by atoms with Gasteiger partial charge >= 0.3 is 0 Å². The second kappa shape index (κ2) is 9.17. The lowest BCUT2D eigenvalue weighted by atomic mass is 10.0. The normalized spacial score (nSPS) is 20.6. The van der Waals surface area contributed by atoms with E-state index >= 15 is 0 Å². The number of H-pyrrole nitrogens is 1. The van der Waals surface area contributed by atoms with Crippen molar-refractivity contribution < 1.29 is 4.79 Å². The molecule has 0 unspecified atom stereocenters. The molecule has 35 heavy (non-hydrogen) atoms. The number of fused-ring (bicyclic) bond motifs is 4. The van der Waals surface area contributed by atoms with E-state index in [1.165, 1.54) is 0 Å². The Balaban J connectivity index is 1.54. The van der Waals surface area contributed by atoms with Gasteiger partial charge in [-0.15, -0.1) is 0 Å². The molecule has 0 aliphatic carbocycles. The molecule has 1 fully saturated rings. The zero-order valence-electron chi connectivity index (χ0n) is 19.9. The Morgan fingerprint density at radius 1 is 1.09 bits per heavy atom. The highest BCUT2D eigenvalue weighted by Gasteiger charge is 2.29. The predicted molar refractivity (Wildman–Crippen MR) is 139 cm³/mol. The molecule has 2 bridgehead atoms. The number of anilines is 1. The monoisotopic (exact) mass is 469 g/mol. The first kappa shape index (κ1) is 21.8. The molecule has 4 aromatic heterocycles. The summed E-state index contributed by atoms with van der Waals surface area (Å²) >= 11 is 0. The second-order valence-corrected chi connectivity index (χ2v) is 9.75. The van der Waals surface area contributed by atoms with E-state index < -0.39 is 0 Å². The van der Waals surface area contributed by atoms with E-state index in [4.69, 9.17) is 10.8 Å². The molecule has 1 amide bonds. The van der Waals surface area contributed by atoms with Crippen LogP contribution in [0, 0.1) is 0 Å². The van der Waals surface area contributed by atoms with Crippen LogP contribution in [0.5, 0.6) is 0 Å². The summed E-state index contributed by atoms with van der Waals surface area (Å²) in [5.74, 6) is 0.733. The number of aromatic amines is 1. The molecule has 6 heterocycles. The molecule has 0 radical (unpaired) electrons. The first-order valence-corrected chi connectivity index (χ1v) is 12.7. The van der Waals surface area contributed by atoms with Crippen LogP contribution in [0.3, 0.4) is 0 Å². The van der Waals surface area contributed by atoms with Crippen molar-refractivity contribution in [3.63, 3.8) is 0 Å². The van der Waals surface area contributed by atoms with Crippen molar-refractivity contribution in [3.8, 4) is 11.3 Å². The molecule has 6 rings (SSSR count). The van der Waals surface area contributed by atoms with E-state index in [-0.39, 0.29) is 11.9 Å². The highest BCUT2D eigenvalue weighted by Crippen LogP contribution is 2.37. The molecule has 3 N–H and O–H groups in total. The van der Waals surface area contributed by atoms with Crippen molar-refractivity contribution in [1.82, 2.24) is 29.6 Å². The number of nitrogens with one attached hydrogen (secondary N) is 1. The van der Waals surface area contributed by atoms with Gasteiger partial charge in [-0.3, -0.25) is 9.48 Å². The summed E-state index contributed by atoms with van der Waals surface area (Å²) in [4.78, 5) is 27.3. The predicted octanol–water partition coefficient (Wildman–Crippen LogP) is 5.09. The molecule has 2 aliphatic heterocycles. The maximum absolute atomic E-state index is 13.0. The van der Waals surface area contributed by atoms with Crippen LogP contribution in [-0.2, 0) is 4.79 Å². The fraction of sp³-hybridized carbons (Fsp3) is 0.407. The van der Waals surface area contributed by atoms with Crippen LogP contribution in [0.15, 0.2) is 36.8 Å². The number of carbonyl (C=O) groups is 1. The molecule has 4 aromatic rings. The van der Waals surface area contributed by atoms with Crippen molar-refractivity contribution in [2.45, 2.75) is 57.4 Å². The fourth-order valence-electron chi connectivity index (χ4n) is 5.52. The summed E-state index contributed by atoms with van der Waals surface area (Å²) in [7, 11) is 0. The molecule has 1 saturated heterocycles. The summed E-state index contributed by atoms with van der Waals surface area (Å²) < 4.78 is 2.11. The number of allylic oxidation sites excluding steroid dienone is 1. The summed E-state index contributed by atoms with van der Waals surface area (Å²) in [6.45, 7) is 1.50. The summed E-state index contributed by atoms with van der Waals surface area (Å²) in [6.07, 6.45) is 17.9. The minimum absolute atomic E-state index is 0.0898. The molecule has 8 nitrogen and oxygen atoms in total. The van der Waals surface area contributed by atoms with Crippen LogP contribution in [0.25, 0.3) is 39.3 Å². The van der Waals surface area contributed by atoms with Gasteiger partial charge in [0, 0.05) is 54.6 Å². The quantitative estimate of drug-likeness (QED) is 0.404. The van der Waals surface area contributed by atoms with Gasteiger partial charge in [0.25, 0.3) is 0 Å². The standard InChI is InChI=1S/C27H31N7O/c28-26-23-24(20-14-18-11-12-29-27(18)31-16-20)32-34-21-9-7-13-33(17-21)22(35)10-6-4-2-1-3-5-8-19(15-30-26)25(23)34/h5,8,11-12,14-16,21H,1-4,6-7,9-10,13,17H2,(H2,28,30)(H,29,31)/b8-5+/t21-/m1/s1. The number of nitrogens with two attached hydrogens (primary N) is 1. The van der Waals surface area contributed by atoms with Crippen LogP contribution in [-0.4, -0.2) is 48.6 Å². The SMILES string of the molecule is Nc1ncc2c3c1c(-c1cnc4[nH]ccc4c1)nn3[C@@H]1CCCN(C1)C(=O)CCCCCC/C=C/2. The minimum atomic E-state index is 0.0898. The Morgan fingerprint density at radius 3 is 2.94 bits per heavy atom. The van der Waals surface area contributed by atoms with E-state index in [0.29, 0.717) is 18.8 Å². The average molecular weight is 470 g/mol. The van der Waals surface area contributed by atoms with Gasteiger partial charge in [0.2, 0.25) is 5.91 Å².